The minimum atomic E-state index is -4.70. The summed E-state index contributed by atoms with van der Waals surface area (Å²) in [5.41, 5.74) is 0.483. The highest BCUT2D eigenvalue weighted by atomic mass is 32.1. The third-order valence-electron chi connectivity index (χ3n) is 3.89. The predicted octanol–water partition coefficient (Wildman–Crippen LogP) is 2.98. The molecule has 2 N–H and O–H groups in total. The van der Waals surface area contributed by atoms with Gasteiger partial charge in [0, 0.05) is 30.9 Å². The number of benzene rings is 1. The Kier molecular flexibility index (Phi) is 6.47. The molecule has 5 nitrogen and oxygen atoms in total. The van der Waals surface area contributed by atoms with E-state index < -0.39 is 6.36 Å². The number of ether oxygens (including phenoxy) is 2. The number of anilines is 1. The Morgan fingerprint density at radius 1 is 1.20 bits per heavy atom. The summed E-state index contributed by atoms with van der Waals surface area (Å²) in [6.07, 6.45) is -4.70. The molecule has 2 rings (SSSR count). The average molecular weight is 377 g/mol. The first kappa shape index (κ1) is 19.7. The van der Waals surface area contributed by atoms with E-state index in [0.717, 1.165) is 26.3 Å². The molecule has 0 unspecified atom stereocenters. The molecule has 1 aromatic carbocycles. The molecule has 1 heterocycles. The van der Waals surface area contributed by atoms with Crippen molar-refractivity contribution in [2.24, 2.45) is 0 Å². The summed E-state index contributed by atoms with van der Waals surface area (Å²) >= 11 is 5.25. The van der Waals surface area contributed by atoms with Crippen molar-refractivity contribution in [1.82, 2.24) is 10.2 Å². The van der Waals surface area contributed by atoms with Gasteiger partial charge in [0.05, 0.1) is 13.2 Å². The number of morpholine rings is 1. The van der Waals surface area contributed by atoms with Crippen molar-refractivity contribution in [2.75, 3.05) is 38.2 Å². The zero-order chi connectivity index (χ0) is 18.5. The fraction of sp³-hybridized carbons (Fsp3) is 0.562. The number of rotatable bonds is 5. The smallest absolute Gasteiger partial charge is 0.406 e. The quantitative estimate of drug-likeness (QED) is 0.770. The van der Waals surface area contributed by atoms with Crippen molar-refractivity contribution in [3.05, 3.63) is 24.3 Å². The van der Waals surface area contributed by atoms with E-state index in [4.69, 9.17) is 17.0 Å². The molecule has 1 aliphatic rings. The molecule has 0 aliphatic carbocycles. The summed E-state index contributed by atoms with van der Waals surface area (Å²) in [5.74, 6) is -0.273. The molecule has 0 radical (unpaired) electrons. The Morgan fingerprint density at radius 2 is 1.80 bits per heavy atom. The minimum Gasteiger partial charge on any atom is -0.406 e. The Morgan fingerprint density at radius 3 is 2.36 bits per heavy atom. The lowest BCUT2D eigenvalue weighted by molar-refractivity contribution is -0.274. The zero-order valence-electron chi connectivity index (χ0n) is 14.2. The number of hydrogen-bond acceptors (Lipinski definition) is 4. The number of alkyl halides is 3. The van der Waals surface area contributed by atoms with Crippen LogP contribution in [0.3, 0.4) is 0 Å². The fourth-order valence-corrected chi connectivity index (χ4v) is 2.68. The topological polar surface area (TPSA) is 45.8 Å². The summed E-state index contributed by atoms with van der Waals surface area (Å²) in [6, 6.07) is 5.41. The first-order chi connectivity index (χ1) is 11.7. The molecule has 1 aliphatic heterocycles. The lowest BCUT2D eigenvalue weighted by Gasteiger charge is -2.41. The van der Waals surface area contributed by atoms with Gasteiger partial charge in [-0.2, -0.15) is 0 Å². The molecule has 0 spiro atoms. The third-order valence-corrected chi connectivity index (χ3v) is 4.14. The van der Waals surface area contributed by atoms with Crippen LogP contribution in [0.15, 0.2) is 24.3 Å². The molecule has 0 aromatic heterocycles. The standard InChI is InChI=1S/C16H22F3N3O2S/c1-15(2,22-7-9-23-10-8-22)11-20-14(25)21-12-3-5-13(6-4-12)24-16(17,18)19/h3-6H,7-11H2,1-2H3,(H2,20,21,25). The lowest BCUT2D eigenvalue weighted by Crippen LogP contribution is -2.55. The lowest BCUT2D eigenvalue weighted by atomic mass is 10.0. The van der Waals surface area contributed by atoms with Crippen molar-refractivity contribution in [3.63, 3.8) is 0 Å². The van der Waals surface area contributed by atoms with E-state index in [1.54, 1.807) is 0 Å². The van der Waals surface area contributed by atoms with E-state index in [-0.39, 0.29) is 11.3 Å². The summed E-state index contributed by atoms with van der Waals surface area (Å²) in [7, 11) is 0. The van der Waals surface area contributed by atoms with Crippen LogP contribution in [-0.4, -0.2) is 54.8 Å². The minimum absolute atomic E-state index is 0.0973. The zero-order valence-corrected chi connectivity index (χ0v) is 15.0. The monoisotopic (exact) mass is 377 g/mol. The highest BCUT2D eigenvalue weighted by molar-refractivity contribution is 7.80. The van der Waals surface area contributed by atoms with Gasteiger partial charge in [0.25, 0.3) is 0 Å². The van der Waals surface area contributed by atoms with Crippen molar-refractivity contribution < 1.29 is 22.6 Å². The largest absolute Gasteiger partial charge is 0.573 e. The van der Waals surface area contributed by atoms with Crippen LogP contribution < -0.4 is 15.4 Å². The van der Waals surface area contributed by atoms with Crippen LogP contribution in [0.5, 0.6) is 5.75 Å². The molecule has 0 saturated carbocycles. The third kappa shape index (κ3) is 6.68. The SMILES string of the molecule is CC(C)(CNC(=S)Nc1ccc(OC(F)(F)F)cc1)N1CCOCC1. The van der Waals surface area contributed by atoms with Gasteiger partial charge in [-0.1, -0.05) is 0 Å². The van der Waals surface area contributed by atoms with Gasteiger partial charge in [0.2, 0.25) is 0 Å². The molecule has 1 saturated heterocycles. The van der Waals surface area contributed by atoms with Gasteiger partial charge in [-0.3, -0.25) is 4.90 Å². The number of thiocarbonyl (C=S) groups is 1. The van der Waals surface area contributed by atoms with E-state index in [1.165, 1.54) is 24.3 Å². The Hall–Kier alpha value is -1.58. The van der Waals surface area contributed by atoms with Crippen LogP contribution in [0, 0.1) is 0 Å². The van der Waals surface area contributed by atoms with Crippen molar-refractivity contribution >= 4 is 23.0 Å². The molecule has 1 aromatic rings. The van der Waals surface area contributed by atoms with Crippen LogP contribution in [0.2, 0.25) is 0 Å². The van der Waals surface area contributed by atoms with Crippen LogP contribution in [0.4, 0.5) is 18.9 Å². The van der Waals surface area contributed by atoms with Crippen LogP contribution >= 0.6 is 12.2 Å². The highest BCUT2D eigenvalue weighted by Gasteiger charge is 2.31. The van der Waals surface area contributed by atoms with Gasteiger partial charge in [-0.05, 0) is 50.3 Å². The molecule has 1 fully saturated rings. The van der Waals surface area contributed by atoms with E-state index >= 15 is 0 Å². The molecule has 9 heteroatoms. The first-order valence-electron chi connectivity index (χ1n) is 7.89. The first-order valence-corrected chi connectivity index (χ1v) is 8.30. The maximum atomic E-state index is 12.1. The highest BCUT2D eigenvalue weighted by Crippen LogP contribution is 2.24. The van der Waals surface area contributed by atoms with Gasteiger partial charge in [0.1, 0.15) is 5.75 Å². The maximum absolute atomic E-state index is 12.1. The second-order valence-electron chi connectivity index (χ2n) is 6.29. The number of nitrogens with one attached hydrogen (secondary N) is 2. The van der Waals surface area contributed by atoms with Gasteiger partial charge in [0.15, 0.2) is 5.11 Å². The van der Waals surface area contributed by atoms with Gasteiger partial charge in [-0.25, -0.2) is 0 Å². The van der Waals surface area contributed by atoms with E-state index in [0.29, 0.717) is 17.3 Å². The van der Waals surface area contributed by atoms with Crippen LogP contribution in [0.25, 0.3) is 0 Å². The predicted molar refractivity (Wildman–Crippen MR) is 93.8 cm³/mol. The normalized spacial score (nSPS) is 16.4. The van der Waals surface area contributed by atoms with E-state index in [1.807, 2.05) is 0 Å². The molecule has 25 heavy (non-hydrogen) atoms. The summed E-state index contributed by atoms with van der Waals surface area (Å²) in [6.45, 7) is 8.06. The molecular formula is C16H22F3N3O2S. The molecular weight excluding hydrogens is 355 g/mol. The van der Waals surface area contributed by atoms with Gasteiger partial charge < -0.3 is 20.1 Å². The van der Waals surface area contributed by atoms with Gasteiger partial charge in [-0.15, -0.1) is 13.2 Å². The second-order valence-corrected chi connectivity index (χ2v) is 6.70. The fourth-order valence-electron chi connectivity index (χ4n) is 2.49. The second kappa shape index (κ2) is 8.20. The maximum Gasteiger partial charge on any atom is 0.573 e. The van der Waals surface area contributed by atoms with Crippen molar-refractivity contribution in [3.8, 4) is 5.75 Å². The number of hydrogen-bond donors (Lipinski definition) is 2. The van der Waals surface area contributed by atoms with E-state index in [9.17, 15) is 13.2 Å². The average Bonchev–Trinajstić information content (AvgIpc) is 2.54. The Balaban J connectivity index is 1.81. The molecule has 0 amide bonds. The summed E-state index contributed by atoms with van der Waals surface area (Å²) in [5, 5.41) is 6.50. The summed E-state index contributed by atoms with van der Waals surface area (Å²) < 4.78 is 45.6. The number of halogens is 3. The van der Waals surface area contributed by atoms with Gasteiger partial charge >= 0.3 is 6.36 Å². The Labute approximate surface area is 150 Å². The van der Waals surface area contributed by atoms with Crippen LogP contribution in [0.1, 0.15) is 13.8 Å². The molecule has 140 valence electrons. The van der Waals surface area contributed by atoms with E-state index in [2.05, 4.69) is 34.1 Å². The van der Waals surface area contributed by atoms with Crippen molar-refractivity contribution in [1.29, 1.82) is 0 Å². The van der Waals surface area contributed by atoms with Crippen molar-refractivity contribution in [2.45, 2.75) is 25.7 Å². The van der Waals surface area contributed by atoms with Crippen LogP contribution in [-0.2, 0) is 4.74 Å². The summed E-state index contributed by atoms with van der Waals surface area (Å²) in [4.78, 5) is 2.33. The Bertz CT molecular complexity index is 573. The number of nitrogens with zero attached hydrogens (tertiary/aromatic N) is 1. The molecule has 0 atom stereocenters. The molecule has 0 bridgehead atoms.